The van der Waals surface area contributed by atoms with Crippen LogP contribution in [0, 0.1) is 6.92 Å². The van der Waals surface area contributed by atoms with E-state index in [2.05, 4.69) is 4.72 Å². The molecular formula is C15H19NO2S. The Morgan fingerprint density at radius 3 is 2.32 bits per heavy atom. The molecule has 1 unspecified atom stereocenters. The van der Waals surface area contributed by atoms with Crippen molar-refractivity contribution in [1.82, 2.24) is 4.72 Å². The van der Waals surface area contributed by atoms with Gasteiger partial charge in [0.15, 0.2) is 0 Å². The van der Waals surface area contributed by atoms with Gasteiger partial charge in [-0.15, -0.1) is 0 Å². The first-order valence-electron chi connectivity index (χ1n) is 6.27. The minimum atomic E-state index is -3.48. The van der Waals surface area contributed by atoms with Crippen LogP contribution in [0.15, 0.2) is 53.0 Å². The van der Waals surface area contributed by atoms with Gasteiger partial charge in [-0.05, 0) is 39.3 Å². The molecule has 19 heavy (non-hydrogen) atoms. The highest BCUT2D eigenvalue weighted by Gasteiger charge is 2.28. The number of aryl methyl sites for hydroxylation is 1. The van der Waals surface area contributed by atoms with Crippen molar-refractivity contribution < 1.29 is 8.42 Å². The molecule has 1 aromatic rings. The van der Waals surface area contributed by atoms with Gasteiger partial charge in [0.1, 0.15) is 0 Å². The highest BCUT2D eigenvalue weighted by Crippen LogP contribution is 2.23. The van der Waals surface area contributed by atoms with Gasteiger partial charge in [-0.25, -0.2) is 13.1 Å². The summed E-state index contributed by atoms with van der Waals surface area (Å²) in [5.41, 5.74) is 1.65. The average molecular weight is 277 g/mol. The third-order valence-electron chi connectivity index (χ3n) is 3.26. The molecule has 102 valence electrons. The van der Waals surface area contributed by atoms with Crippen LogP contribution in [0.5, 0.6) is 0 Å². The SMILES string of the molecule is CC1=CCC(C)(NS(=O)(=O)c2ccc(C)cc2)C=C1. The second-order valence-corrected chi connectivity index (χ2v) is 7.00. The molecule has 0 aromatic heterocycles. The van der Waals surface area contributed by atoms with Crippen molar-refractivity contribution in [3.8, 4) is 0 Å². The molecule has 0 bridgehead atoms. The first-order chi connectivity index (χ1) is 8.81. The molecule has 0 radical (unpaired) electrons. The fourth-order valence-corrected chi connectivity index (χ4v) is 3.36. The van der Waals surface area contributed by atoms with Crippen molar-refractivity contribution in [2.24, 2.45) is 0 Å². The summed E-state index contributed by atoms with van der Waals surface area (Å²) >= 11 is 0. The Hall–Kier alpha value is -1.39. The number of sulfonamides is 1. The zero-order valence-corrected chi connectivity index (χ0v) is 12.3. The van der Waals surface area contributed by atoms with Crippen molar-refractivity contribution >= 4 is 10.0 Å². The maximum atomic E-state index is 12.3. The lowest BCUT2D eigenvalue weighted by Crippen LogP contribution is -2.44. The van der Waals surface area contributed by atoms with Crippen molar-refractivity contribution in [1.29, 1.82) is 0 Å². The number of nitrogens with one attached hydrogen (secondary N) is 1. The van der Waals surface area contributed by atoms with Gasteiger partial charge in [-0.3, -0.25) is 0 Å². The second-order valence-electron chi connectivity index (χ2n) is 5.32. The summed E-state index contributed by atoms with van der Waals surface area (Å²) in [6.07, 6.45) is 6.56. The van der Waals surface area contributed by atoms with Gasteiger partial charge < -0.3 is 0 Å². The van der Waals surface area contributed by atoms with E-state index >= 15 is 0 Å². The van der Waals surface area contributed by atoms with Crippen molar-refractivity contribution in [3.05, 3.63) is 53.6 Å². The van der Waals surface area contributed by atoms with E-state index < -0.39 is 15.6 Å². The highest BCUT2D eigenvalue weighted by molar-refractivity contribution is 7.89. The molecular weight excluding hydrogens is 258 g/mol. The van der Waals surface area contributed by atoms with Crippen LogP contribution in [0.3, 0.4) is 0 Å². The van der Waals surface area contributed by atoms with Gasteiger partial charge in [0, 0.05) is 0 Å². The molecule has 2 rings (SSSR count). The van der Waals surface area contributed by atoms with Crippen LogP contribution in [0.4, 0.5) is 0 Å². The number of rotatable bonds is 3. The topological polar surface area (TPSA) is 46.2 Å². The quantitative estimate of drug-likeness (QED) is 0.923. The second kappa shape index (κ2) is 4.94. The molecule has 0 aliphatic heterocycles. The molecule has 0 heterocycles. The molecule has 4 heteroatoms. The molecule has 0 amide bonds. The molecule has 3 nitrogen and oxygen atoms in total. The molecule has 1 atom stereocenters. The molecule has 1 aliphatic rings. The summed E-state index contributed by atoms with van der Waals surface area (Å²) in [5, 5.41) is 0. The monoisotopic (exact) mass is 277 g/mol. The van der Waals surface area contributed by atoms with E-state index in [4.69, 9.17) is 0 Å². The summed E-state index contributed by atoms with van der Waals surface area (Å²) in [6.45, 7) is 5.82. The summed E-state index contributed by atoms with van der Waals surface area (Å²) in [6, 6.07) is 6.87. The maximum Gasteiger partial charge on any atom is 0.241 e. The number of benzene rings is 1. The Balaban J connectivity index is 2.23. The summed E-state index contributed by atoms with van der Waals surface area (Å²) < 4.78 is 27.4. The van der Waals surface area contributed by atoms with Crippen molar-refractivity contribution in [2.45, 2.75) is 37.6 Å². The molecule has 1 aliphatic carbocycles. The van der Waals surface area contributed by atoms with Gasteiger partial charge >= 0.3 is 0 Å². The molecule has 0 fully saturated rings. The third kappa shape index (κ3) is 3.33. The highest BCUT2D eigenvalue weighted by atomic mass is 32.2. The lowest BCUT2D eigenvalue weighted by molar-refractivity contribution is 0.498. The van der Waals surface area contributed by atoms with E-state index in [0.717, 1.165) is 11.1 Å². The maximum absolute atomic E-state index is 12.3. The van der Waals surface area contributed by atoms with Crippen LogP contribution in [-0.4, -0.2) is 14.0 Å². The van der Waals surface area contributed by atoms with Gasteiger partial charge in [-0.2, -0.15) is 0 Å². The van der Waals surface area contributed by atoms with Crippen LogP contribution in [0.1, 0.15) is 25.8 Å². The van der Waals surface area contributed by atoms with Gasteiger partial charge in [0.05, 0.1) is 10.4 Å². The molecule has 0 saturated carbocycles. The molecule has 1 N–H and O–H groups in total. The van der Waals surface area contributed by atoms with Gasteiger partial charge in [-0.1, -0.05) is 41.5 Å². The fraction of sp³-hybridized carbons (Fsp3) is 0.333. The standard InChI is InChI=1S/C15H19NO2S/c1-12-4-6-14(7-5-12)19(17,18)16-15(3)10-8-13(2)9-11-15/h4-10,16H,11H2,1-3H3. The fourth-order valence-electron chi connectivity index (χ4n) is 1.98. The lowest BCUT2D eigenvalue weighted by Gasteiger charge is -2.28. The Morgan fingerprint density at radius 2 is 1.79 bits per heavy atom. The van der Waals surface area contributed by atoms with E-state index in [9.17, 15) is 8.42 Å². The number of allylic oxidation sites excluding steroid dienone is 2. The Morgan fingerprint density at radius 1 is 1.16 bits per heavy atom. The van der Waals surface area contributed by atoms with Gasteiger partial charge in [0.25, 0.3) is 0 Å². The third-order valence-corrected chi connectivity index (χ3v) is 4.89. The Kier molecular flexibility index (Phi) is 3.65. The van der Waals surface area contributed by atoms with Crippen LogP contribution in [-0.2, 0) is 10.0 Å². The molecule has 1 aromatic carbocycles. The van der Waals surface area contributed by atoms with E-state index in [1.807, 2.05) is 39.0 Å². The van der Waals surface area contributed by atoms with E-state index in [1.54, 1.807) is 24.3 Å². The summed E-state index contributed by atoms with van der Waals surface area (Å²) in [7, 11) is -3.48. The van der Waals surface area contributed by atoms with Crippen molar-refractivity contribution in [3.63, 3.8) is 0 Å². The minimum absolute atomic E-state index is 0.305. The Labute approximate surface area is 115 Å². The smallest absolute Gasteiger partial charge is 0.207 e. The van der Waals surface area contributed by atoms with Crippen molar-refractivity contribution in [2.75, 3.05) is 0 Å². The molecule has 0 spiro atoms. The van der Waals surface area contributed by atoms with E-state index in [1.165, 1.54) is 0 Å². The minimum Gasteiger partial charge on any atom is -0.207 e. The normalized spacial score (nSPS) is 23.2. The van der Waals surface area contributed by atoms with Crippen LogP contribution in [0.2, 0.25) is 0 Å². The summed E-state index contributed by atoms with van der Waals surface area (Å²) in [4.78, 5) is 0.305. The molecule has 0 saturated heterocycles. The largest absolute Gasteiger partial charge is 0.241 e. The Bertz CT molecular complexity index is 627. The number of hydrogen-bond donors (Lipinski definition) is 1. The summed E-state index contributed by atoms with van der Waals surface area (Å²) in [5.74, 6) is 0. The van der Waals surface area contributed by atoms with Crippen LogP contribution < -0.4 is 4.72 Å². The average Bonchev–Trinajstić information content (AvgIpc) is 2.33. The first-order valence-corrected chi connectivity index (χ1v) is 7.76. The van der Waals surface area contributed by atoms with E-state index in [0.29, 0.717) is 11.3 Å². The lowest BCUT2D eigenvalue weighted by atomic mass is 9.92. The predicted octanol–water partition coefficient (Wildman–Crippen LogP) is 2.94. The first kappa shape index (κ1) is 14.0. The van der Waals surface area contributed by atoms with E-state index in [-0.39, 0.29) is 0 Å². The zero-order chi connectivity index (χ0) is 14.1. The van der Waals surface area contributed by atoms with Crippen LogP contribution >= 0.6 is 0 Å². The van der Waals surface area contributed by atoms with Gasteiger partial charge in [0.2, 0.25) is 10.0 Å². The number of hydrogen-bond acceptors (Lipinski definition) is 2. The zero-order valence-electron chi connectivity index (χ0n) is 11.5. The predicted molar refractivity (Wildman–Crippen MR) is 77.4 cm³/mol. The van der Waals surface area contributed by atoms with Crippen LogP contribution in [0.25, 0.3) is 0 Å².